The number of anilines is 1. The van der Waals surface area contributed by atoms with Crippen LogP contribution < -0.4 is 5.32 Å². The van der Waals surface area contributed by atoms with Gasteiger partial charge >= 0.3 is 6.03 Å². The van der Waals surface area contributed by atoms with Gasteiger partial charge in [0.05, 0.1) is 31.4 Å². The van der Waals surface area contributed by atoms with Crippen molar-refractivity contribution >= 4 is 17.6 Å². The van der Waals surface area contributed by atoms with Crippen molar-refractivity contribution in [1.29, 1.82) is 5.26 Å². The Morgan fingerprint density at radius 1 is 1.00 bits per heavy atom. The molecule has 0 radical (unpaired) electrons. The number of aryl methyl sites for hydroxylation is 1. The van der Waals surface area contributed by atoms with Crippen molar-refractivity contribution in [3.8, 4) is 6.07 Å². The first-order chi connectivity index (χ1) is 18.5. The van der Waals surface area contributed by atoms with Gasteiger partial charge in [0.25, 0.3) is 0 Å². The maximum Gasteiger partial charge on any atom is 0.322 e. The Hall–Kier alpha value is -4.13. The van der Waals surface area contributed by atoms with Crippen LogP contribution in [-0.4, -0.2) is 72.6 Å². The molecule has 1 fully saturated rings. The minimum Gasteiger partial charge on any atom is -0.464 e. The minimum absolute atomic E-state index is 0.0966. The van der Waals surface area contributed by atoms with Gasteiger partial charge in [-0.1, -0.05) is 36.4 Å². The van der Waals surface area contributed by atoms with Crippen LogP contribution in [0.15, 0.2) is 71.1 Å². The molecule has 0 unspecified atom stereocenters. The smallest absolute Gasteiger partial charge is 0.322 e. The van der Waals surface area contributed by atoms with Crippen molar-refractivity contribution in [3.05, 3.63) is 89.4 Å². The number of hydrogen-bond donors (Lipinski definition) is 1. The van der Waals surface area contributed by atoms with Crippen molar-refractivity contribution < 1.29 is 18.7 Å². The number of nitriles is 1. The summed E-state index contributed by atoms with van der Waals surface area (Å²) < 4.78 is 11.2. The van der Waals surface area contributed by atoms with Crippen LogP contribution in [-0.2, 0) is 22.6 Å². The number of benzene rings is 2. The number of furan rings is 1. The van der Waals surface area contributed by atoms with Crippen LogP contribution in [0.2, 0.25) is 0 Å². The van der Waals surface area contributed by atoms with E-state index in [9.17, 15) is 14.9 Å². The van der Waals surface area contributed by atoms with Crippen molar-refractivity contribution in [3.63, 3.8) is 0 Å². The molecule has 2 heterocycles. The molecule has 198 valence electrons. The van der Waals surface area contributed by atoms with Gasteiger partial charge in [-0.3, -0.25) is 9.69 Å². The molecule has 1 aliphatic heterocycles. The first-order valence-electron chi connectivity index (χ1n) is 12.7. The standard InChI is InChI=1S/C29H33N5O4/c1-23-10-11-27(38-23)21-34(20-24-6-3-2-4-7-24)28(35)22-33(13-12-32-14-16-37-17-15-32)29(36)31-26-9-5-8-25(18-26)19-30/h2-11,18H,12-17,20-22H2,1H3,(H,31,36). The Morgan fingerprint density at radius 3 is 2.50 bits per heavy atom. The van der Waals surface area contributed by atoms with Crippen molar-refractivity contribution in [2.24, 2.45) is 0 Å². The Kier molecular flexibility index (Phi) is 9.51. The topological polar surface area (TPSA) is 102 Å². The summed E-state index contributed by atoms with van der Waals surface area (Å²) in [5.74, 6) is 1.27. The molecule has 1 aromatic heterocycles. The summed E-state index contributed by atoms with van der Waals surface area (Å²) in [6, 6.07) is 21.9. The lowest BCUT2D eigenvalue weighted by Gasteiger charge is -2.31. The number of ether oxygens (including phenoxy) is 1. The molecule has 3 aromatic rings. The number of rotatable bonds is 10. The molecule has 4 rings (SSSR count). The molecule has 2 aromatic carbocycles. The van der Waals surface area contributed by atoms with E-state index in [0.29, 0.717) is 56.4 Å². The molecule has 0 atom stereocenters. The summed E-state index contributed by atoms with van der Waals surface area (Å²) in [4.78, 5) is 32.5. The number of amides is 3. The number of morpholine rings is 1. The fraction of sp³-hybridized carbons (Fsp3) is 0.345. The zero-order valence-corrected chi connectivity index (χ0v) is 21.6. The van der Waals surface area contributed by atoms with E-state index in [0.717, 1.165) is 24.4 Å². The van der Waals surface area contributed by atoms with E-state index in [1.807, 2.05) is 49.4 Å². The van der Waals surface area contributed by atoms with E-state index < -0.39 is 6.03 Å². The predicted octanol–water partition coefficient (Wildman–Crippen LogP) is 3.85. The normalized spacial score (nSPS) is 13.5. The maximum absolute atomic E-state index is 13.7. The number of carbonyl (C=O) groups excluding carboxylic acids is 2. The van der Waals surface area contributed by atoms with Gasteiger partial charge in [0, 0.05) is 38.4 Å². The van der Waals surface area contributed by atoms with Gasteiger partial charge < -0.3 is 24.3 Å². The molecule has 9 nitrogen and oxygen atoms in total. The quantitative estimate of drug-likeness (QED) is 0.440. The molecule has 0 aliphatic carbocycles. The van der Waals surface area contributed by atoms with Gasteiger partial charge in [-0.2, -0.15) is 5.26 Å². The molecule has 0 spiro atoms. The lowest BCUT2D eigenvalue weighted by molar-refractivity contribution is -0.133. The summed E-state index contributed by atoms with van der Waals surface area (Å²) in [7, 11) is 0. The van der Waals surface area contributed by atoms with Gasteiger partial charge in [0.2, 0.25) is 5.91 Å². The van der Waals surface area contributed by atoms with E-state index in [1.165, 1.54) is 4.90 Å². The van der Waals surface area contributed by atoms with E-state index >= 15 is 0 Å². The SMILES string of the molecule is Cc1ccc(CN(Cc2ccccc2)C(=O)CN(CCN2CCOCC2)C(=O)Nc2cccc(C#N)c2)o1. The minimum atomic E-state index is -0.393. The zero-order valence-electron chi connectivity index (χ0n) is 21.6. The van der Waals surface area contributed by atoms with Crippen LogP contribution in [0.4, 0.5) is 10.5 Å². The van der Waals surface area contributed by atoms with Crippen molar-refractivity contribution in [1.82, 2.24) is 14.7 Å². The fourth-order valence-electron chi connectivity index (χ4n) is 4.27. The number of carbonyl (C=O) groups is 2. The second-order valence-electron chi connectivity index (χ2n) is 9.25. The number of nitrogens with one attached hydrogen (secondary N) is 1. The first kappa shape index (κ1) is 26.9. The monoisotopic (exact) mass is 515 g/mol. The van der Waals surface area contributed by atoms with Crippen LogP contribution in [0.25, 0.3) is 0 Å². The Bertz CT molecular complexity index is 1250. The highest BCUT2D eigenvalue weighted by Crippen LogP contribution is 2.15. The van der Waals surface area contributed by atoms with Gasteiger partial charge in [0.1, 0.15) is 18.1 Å². The molecule has 1 N–H and O–H groups in total. The Balaban J connectivity index is 1.50. The summed E-state index contributed by atoms with van der Waals surface area (Å²) in [6.45, 7) is 6.32. The van der Waals surface area contributed by atoms with E-state index in [4.69, 9.17) is 9.15 Å². The molecule has 3 amide bonds. The van der Waals surface area contributed by atoms with Crippen molar-refractivity contribution in [2.45, 2.75) is 20.0 Å². The lowest BCUT2D eigenvalue weighted by Crippen LogP contribution is -2.48. The Morgan fingerprint density at radius 2 is 1.79 bits per heavy atom. The second-order valence-corrected chi connectivity index (χ2v) is 9.25. The maximum atomic E-state index is 13.7. The van der Waals surface area contributed by atoms with Crippen molar-refractivity contribution in [2.75, 3.05) is 51.3 Å². The van der Waals surface area contributed by atoms with Crippen LogP contribution >= 0.6 is 0 Å². The highest BCUT2D eigenvalue weighted by molar-refractivity contribution is 5.92. The van der Waals surface area contributed by atoms with Crippen LogP contribution in [0.5, 0.6) is 0 Å². The van der Waals surface area contributed by atoms with Gasteiger partial charge in [-0.15, -0.1) is 0 Å². The molecule has 9 heteroatoms. The lowest BCUT2D eigenvalue weighted by atomic mass is 10.2. The zero-order chi connectivity index (χ0) is 26.7. The van der Waals surface area contributed by atoms with Gasteiger partial charge in [-0.05, 0) is 42.8 Å². The molecule has 0 bridgehead atoms. The summed E-state index contributed by atoms with van der Waals surface area (Å²) in [6.07, 6.45) is 0. The third-order valence-corrected chi connectivity index (χ3v) is 6.36. The van der Waals surface area contributed by atoms with Gasteiger partial charge in [0.15, 0.2) is 0 Å². The molecule has 1 aliphatic rings. The highest BCUT2D eigenvalue weighted by Gasteiger charge is 2.24. The summed E-state index contributed by atoms with van der Waals surface area (Å²) in [5, 5.41) is 12.1. The van der Waals surface area contributed by atoms with Crippen LogP contribution in [0, 0.1) is 18.3 Å². The third kappa shape index (κ3) is 7.93. The first-order valence-corrected chi connectivity index (χ1v) is 12.7. The van der Waals surface area contributed by atoms with E-state index in [1.54, 1.807) is 29.2 Å². The molecule has 38 heavy (non-hydrogen) atoms. The summed E-state index contributed by atoms with van der Waals surface area (Å²) >= 11 is 0. The average molecular weight is 516 g/mol. The molecule has 1 saturated heterocycles. The molecule has 0 saturated carbocycles. The summed E-state index contributed by atoms with van der Waals surface area (Å²) in [5.41, 5.74) is 1.94. The van der Waals surface area contributed by atoms with Gasteiger partial charge in [-0.25, -0.2) is 4.79 Å². The van der Waals surface area contributed by atoms with Crippen LogP contribution in [0.3, 0.4) is 0 Å². The number of nitrogens with zero attached hydrogens (tertiary/aromatic N) is 4. The average Bonchev–Trinajstić information content (AvgIpc) is 3.36. The van der Waals surface area contributed by atoms with Crippen LogP contribution in [0.1, 0.15) is 22.6 Å². The molecular formula is C29H33N5O4. The Labute approximate surface area is 223 Å². The highest BCUT2D eigenvalue weighted by atomic mass is 16.5. The van der Waals surface area contributed by atoms with E-state index in [-0.39, 0.29) is 12.5 Å². The third-order valence-electron chi connectivity index (χ3n) is 6.36. The largest absolute Gasteiger partial charge is 0.464 e. The number of urea groups is 1. The van der Waals surface area contributed by atoms with E-state index in [2.05, 4.69) is 16.3 Å². The number of hydrogen-bond acceptors (Lipinski definition) is 6. The second kappa shape index (κ2) is 13.4. The molecular weight excluding hydrogens is 482 g/mol. The fourth-order valence-corrected chi connectivity index (χ4v) is 4.27. The predicted molar refractivity (Wildman–Crippen MR) is 143 cm³/mol.